The second-order valence-electron chi connectivity index (χ2n) is 6.37. The average Bonchev–Trinajstić information content (AvgIpc) is 2.72. The van der Waals surface area contributed by atoms with Crippen molar-refractivity contribution in [2.24, 2.45) is 0 Å². The summed E-state index contributed by atoms with van der Waals surface area (Å²) < 4.78 is 6.30. The lowest BCUT2D eigenvalue weighted by molar-refractivity contribution is 0.0843. The maximum Gasteiger partial charge on any atom is 0.290 e. The molecule has 0 fully saturated rings. The van der Waals surface area contributed by atoms with Gasteiger partial charge in [0.25, 0.3) is 17.4 Å². The number of benzene rings is 2. The molecular formula is C20H20N4O4. The average molecular weight is 380 g/mol. The van der Waals surface area contributed by atoms with Gasteiger partial charge >= 0.3 is 0 Å². The third-order valence-corrected chi connectivity index (χ3v) is 4.17. The predicted octanol–water partition coefficient (Wildman–Crippen LogP) is 2.06. The number of hydrazine groups is 1. The highest BCUT2D eigenvalue weighted by atomic mass is 16.5. The molecule has 0 saturated carbocycles. The zero-order chi connectivity index (χ0) is 20.3. The number of aromatic nitrogens is 2. The van der Waals surface area contributed by atoms with E-state index in [0.29, 0.717) is 22.1 Å². The lowest BCUT2D eigenvalue weighted by Crippen LogP contribution is -2.42. The van der Waals surface area contributed by atoms with Gasteiger partial charge in [-0.15, -0.1) is 0 Å². The Labute approximate surface area is 161 Å². The van der Waals surface area contributed by atoms with Gasteiger partial charge in [0.15, 0.2) is 5.69 Å². The highest BCUT2D eigenvalue weighted by Gasteiger charge is 2.18. The predicted molar refractivity (Wildman–Crippen MR) is 104 cm³/mol. The minimum absolute atomic E-state index is 0.0546. The van der Waals surface area contributed by atoms with Crippen LogP contribution in [0.25, 0.3) is 10.8 Å². The number of fused-ring (bicyclic) bond motifs is 1. The van der Waals surface area contributed by atoms with Crippen molar-refractivity contribution < 1.29 is 14.3 Å². The van der Waals surface area contributed by atoms with Gasteiger partial charge in [0.05, 0.1) is 18.5 Å². The van der Waals surface area contributed by atoms with Gasteiger partial charge in [-0.25, -0.2) is 4.68 Å². The summed E-state index contributed by atoms with van der Waals surface area (Å²) in [5.74, 6) is -0.489. The Hall–Kier alpha value is -3.68. The molecule has 0 unspecified atom stereocenters. The Morgan fingerprint density at radius 3 is 2.18 bits per heavy atom. The normalized spacial score (nSPS) is 10.7. The van der Waals surface area contributed by atoms with E-state index < -0.39 is 11.8 Å². The molecule has 0 spiro atoms. The topological polar surface area (TPSA) is 102 Å². The summed E-state index contributed by atoms with van der Waals surface area (Å²) in [6.45, 7) is 3.60. The van der Waals surface area contributed by atoms with E-state index in [1.165, 1.54) is 11.8 Å². The van der Waals surface area contributed by atoms with Crippen molar-refractivity contribution in [3.05, 3.63) is 70.1 Å². The fourth-order valence-electron chi connectivity index (χ4n) is 2.71. The van der Waals surface area contributed by atoms with Crippen LogP contribution in [0, 0.1) is 0 Å². The summed E-state index contributed by atoms with van der Waals surface area (Å²) in [5.41, 5.74) is 4.85. The first-order valence-corrected chi connectivity index (χ1v) is 8.68. The van der Waals surface area contributed by atoms with Crippen LogP contribution in [0.4, 0.5) is 0 Å². The van der Waals surface area contributed by atoms with Crippen LogP contribution in [0.5, 0.6) is 5.75 Å². The van der Waals surface area contributed by atoms with E-state index in [2.05, 4.69) is 16.0 Å². The van der Waals surface area contributed by atoms with E-state index in [4.69, 9.17) is 4.74 Å². The number of nitrogens with zero attached hydrogens (tertiary/aromatic N) is 2. The molecule has 0 radical (unpaired) electrons. The number of hydrogen-bond donors (Lipinski definition) is 2. The largest absolute Gasteiger partial charge is 0.497 e. The minimum atomic E-state index is -0.618. The van der Waals surface area contributed by atoms with Crippen LogP contribution < -0.4 is 21.1 Å². The highest BCUT2D eigenvalue weighted by Crippen LogP contribution is 2.15. The molecule has 8 heteroatoms. The van der Waals surface area contributed by atoms with Crippen molar-refractivity contribution in [2.45, 2.75) is 19.9 Å². The first kappa shape index (κ1) is 19.1. The van der Waals surface area contributed by atoms with Crippen LogP contribution in [0.1, 0.15) is 40.7 Å². The number of nitrogens with one attached hydrogen (secondary N) is 2. The van der Waals surface area contributed by atoms with Gasteiger partial charge in [-0.05, 0) is 44.2 Å². The van der Waals surface area contributed by atoms with Crippen LogP contribution in [-0.2, 0) is 0 Å². The van der Waals surface area contributed by atoms with Crippen molar-refractivity contribution >= 4 is 22.6 Å². The van der Waals surface area contributed by atoms with Crippen LogP contribution >= 0.6 is 0 Å². The first-order chi connectivity index (χ1) is 13.4. The van der Waals surface area contributed by atoms with E-state index in [1.54, 1.807) is 62.4 Å². The maximum absolute atomic E-state index is 12.7. The number of carbonyl (C=O) groups is 2. The molecule has 3 aromatic rings. The lowest BCUT2D eigenvalue weighted by atomic mass is 10.1. The molecule has 8 nitrogen and oxygen atoms in total. The number of methoxy groups -OCH3 is 1. The number of carbonyl (C=O) groups excluding carboxylic acids is 2. The second-order valence-corrected chi connectivity index (χ2v) is 6.37. The molecular weight excluding hydrogens is 360 g/mol. The molecule has 2 N–H and O–H groups in total. The summed E-state index contributed by atoms with van der Waals surface area (Å²) >= 11 is 0. The maximum atomic E-state index is 12.7. The van der Waals surface area contributed by atoms with Crippen molar-refractivity contribution in [1.82, 2.24) is 20.6 Å². The lowest BCUT2D eigenvalue weighted by Gasteiger charge is -2.13. The molecule has 2 aromatic carbocycles. The minimum Gasteiger partial charge on any atom is -0.497 e. The van der Waals surface area contributed by atoms with Gasteiger partial charge in [0.2, 0.25) is 0 Å². The molecule has 0 bridgehead atoms. The zero-order valence-electron chi connectivity index (χ0n) is 15.7. The van der Waals surface area contributed by atoms with Gasteiger partial charge < -0.3 is 4.74 Å². The molecule has 1 aromatic heterocycles. The smallest absolute Gasteiger partial charge is 0.290 e. The van der Waals surface area contributed by atoms with Crippen LogP contribution in [-0.4, -0.2) is 28.7 Å². The quantitative estimate of drug-likeness (QED) is 0.675. The summed E-state index contributed by atoms with van der Waals surface area (Å²) in [6.07, 6.45) is 0. The highest BCUT2D eigenvalue weighted by molar-refractivity contribution is 6.06. The van der Waals surface area contributed by atoms with E-state index in [0.717, 1.165) is 0 Å². The Balaban J connectivity index is 1.86. The van der Waals surface area contributed by atoms with Crippen molar-refractivity contribution in [2.75, 3.05) is 7.11 Å². The Morgan fingerprint density at radius 1 is 0.964 bits per heavy atom. The molecule has 0 aliphatic heterocycles. The zero-order valence-corrected chi connectivity index (χ0v) is 15.7. The number of amides is 2. The summed E-state index contributed by atoms with van der Waals surface area (Å²) in [4.78, 5) is 37.4. The molecule has 0 aliphatic rings. The molecule has 0 atom stereocenters. The van der Waals surface area contributed by atoms with E-state index >= 15 is 0 Å². The third kappa shape index (κ3) is 3.71. The monoisotopic (exact) mass is 380 g/mol. The van der Waals surface area contributed by atoms with Crippen molar-refractivity contribution in [3.8, 4) is 5.75 Å². The molecule has 28 heavy (non-hydrogen) atoms. The molecule has 0 aliphatic carbocycles. The summed E-state index contributed by atoms with van der Waals surface area (Å²) in [5, 5.41) is 5.00. The number of rotatable bonds is 4. The van der Waals surface area contributed by atoms with Crippen molar-refractivity contribution in [1.29, 1.82) is 0 Å². The van der Waals surface area contributed by atoms with Gasteiger partial charge in [-0.2, -0.15) is 5.10 Å². The van der Waals surface area contributed by atoms with Crippen LogP contribution in [0.2, 0.25) is 0 Å². The number of ether oxygens (including phenoxy) is 1. The van der Waals surface area contributed by atoms with Gasteiger partial charge in [-0.3, -0.25) is 25.2 Å². The third-order valence-electron chi connectivity index (χ3n) is 4.17. The Morgan fingerprint density at radius 2 is 1.57 bits per heavy atom. The van der Waals surface area contributed by atoms with Gasteiger partial charge in [-0.1, -0.05) is 18.2 Å². The Bertz CT molecular complexity index is 1090. The SMILES string of the molecule is COc1ccc(C(=O)NNC(=O)c2nn(C(C)C)c(=O)c3ccccc23)cc1. The molecule has 0 saturated heterocycles. The van der Waals surface area contributed by atoms with E-state index in [-0.39, 0.29) is 17.3 Å². The summed E-state index contributed by atoms with van der Waals surface area (Å²) in [7, 11) is 1.53. The van der Waals surface area contributed by atoms with E-state index in [1.807, 2.05) is 0 Å². The van der Waals surface area contributed by atoms with Crippen LogP contribution in [0.15, 0.2) is 53.3 Å². The molecule has 144 valence electrons. The standard InChI is InChI=1S/C20H20N4O4/c1-12(2)24-20(27)16-7-5-4-6-15(16)17(23-24)19(26)22-21-18(25)13-8-10-14(28-3)11-9-13/h4-12H,1-3H3,(H,21,25)(H,22,26). The van der Waals surface area contributed by atoms with Gasteiger partial charge in [0.1, 0.15) is 5.75 Å². The second kappa shape index (κ2) is 7.91. The van der Waals surface area contributed by atoms with Gasteiger partial charge in [0, 0.05) is 10.9 Å². The number of hydrogen-bond acceptors (Lipinski definition) is 5. The molecule has 3 rings (SSSR count). The molecule has 1 heterocycles. The fraction of sp³-hybridized carbons (Fsp3) is 0.200. The molecule has 2 amide bonds. The summed E-state index contributed by atoms with van der Waals surface area (Å²) in [6, 6.07) is 12.9. The van der Waals surface area contributed by atoms with E-state index in [9.17, 15) is 14.4 Å². The van der Waals surface area contributed by atoms with Crippen LogP contribution in [0.3, 0.4) is 0 Å². The Kier molecular flexibility index (Phi) is 5.39. The first-order valence-electron chi connectivity index (χ1n) is 8.68. The van der Waals surface area contributed by atoms with Crippen molar-refractivity contribution in [3.63, 3.8) is 0 Å². The fourth-order valence-corrected chi connectivity index (χ4v) is 2.71.